The summed E-state index contributed by atoms with van der Waals surface area (Å²) in [5.74, 6) is 3.78. The summed E-state index contributed by atoms with van der Waals surface area (Å²) < 4.78 is 0. The van der Waals surface area contributed by atoms with Crippen molar-refractivity contribution in [2.24, 2.45) is 29.1 Å². The fourth-order valence-corrected chi connectivity index (χ4v) is 3.96. The highest BCUT2D eigenvalue weighted by molar-refractivity contribution is 4.90. The summed E-state index contributed by atoms with van der Waals surface area (Å²) in [5.41, 5.74) is 0.698. The van der Waals surface area contributed by atoms with E-state index in [1.807, 2.05) is 0 Å². The minimum atomic E-state index is 0.698. The van der Waals surface area contributed by atoms with E-state index < -0.39 is 0 Å². The number of rotatable bonds is 8. The molecule has 0 saturated heterocycles. The number of hydrogen-bond donors (Lipinski definition) is 0. The van der Waals surface area contributed by atoms with Crippen LogP contribution in [0.15, 0.2) is 0 Å². The molecule has 1 saturated carbocycles. The van der Waals surface area contributed by atoms with Crippen molar-refractivity contribution in [3.05, 3.63) is 0 Å². The molecule has 1 aliphatic carbocycles. The molecule has 1 fully saturated rings. The Kier molecular flexibility index (Phi) is 6.21. The third-order valence-corrected chi connectivity index (χ3v) is 5.11. The topological polar surface area (TPSA) is 0 Å². The lowest BCUT2D eigenvalue weighted by molar-refractivity contribution is 0.0428. The van der Waals surface area contributed by atoms with Crippen molar-refractivity contribution in [3.8, 4) is 0 Å². The molecule has 18 heavy (non-hydrogen) atoms. The Hall–Kier alpha value is 0. The largest absolute Gasteiger partial charge is 0.0651 e. The van der Waals surface area contributed by atoms with E-state index >= 15 is 0 Å². The second kappa shape index (κ2) is 6.96. The van der Waals surface area contributed by atoms with Gasteiger partial charge < -0.3 is 0 Å². The summed E-state index contributed by atoms with van der Waals surface area (Å²) in [6, 6.07) is 0. The summed E-state index contributed by atoms with van der Waals surface area (Å²) in [6.45, 7) is 14.4. The van der Waals surface area contributed by atoms with Gasteiger partial charge in [-0.25, -0.2) is 0 Å². The quantitative estimate of drug-likeness (QED) is 0.475. The molecule has 0 heterocycles. The van der Waals surface area contributed by atoms with E-state index in [0.717, 1.165) is 23.7 Å². The Labute approximate surface area is 116 Å². The van der Waals surface area contributed by atoms with Crippen LogP contribution in [0, 0.1) is 29.1 Å². The van der Waals surface area contributed by atoms with Crippen LogP contribution in [-0.4, -0.2) is 0 Å². The van der Waals surface area contributed by atoms with E-state index in [2.05, 4.69) is 41.5 Å². The molecule has 0 nitrogen and oxygen atoms in total. The molecule has 1 rings (SSSR count). The maximum Gasteiger partial charge on any atom is -0.0320 e. The fraction of sp³-hybridized carbons (Fsp3) is 1.00. The first kappa shape index (κ1) is 16.1. The van der Waals surface area contributed by atoms with Gasteiger partial charge in [-0.15, -0.1) is 0 Å². The van der Waals surface area contributed by atoms with Crippen molar-refractivity contribution in [2.45, 2.75) is 86.5 Å². The van der Waals surface area contributed by atoms with E-state index in [-0.39, 0.29) is 0 Å². The minimum absolute atomic E-state index is 0.698. The fourth-order valence-electron chi connectivity index (χ4n) is 3.96. The van der Waals surface area contributed by atoms with Crippen LogP contribution in [-0.2, 0) is 0 Å². The van der Waals surface area contributed by atoms with Gasteiger partial charge in [0.2, 0.25) is 0 Å². The van der Waals surface area contributed by atoms with Crippen molar-refractivity contribution in [2.75, 3.05) is 0 Å². The molecule has 0 aromatic carbocycles. The molecular weight excluding hydrogens is 216 g/mol. The van der Waals surface area contributed by atoms with Crippen molar-refractivity contribution >= 4 is 0 Å². The number of hydrogen-bond acceptors (Lipinski definition) is 0. The van der Waals surface area contributed by atoms with Gasteiger partial charge in [-0.1, -0.05) is 54.4 Å². The highest BCUT2D eigenvalue weighted by atomic mass is 14.4. The lowest BCUT2D eigenvalue weighted by Crippen LogP contribution is -2.35. The monoisotopic (exact) mass is 252 g/mol. The van der Waals surface area contributed by atoms with Crippen LogP contribution < -0.4 is 0 Å². The molecule has 108 valence electrons. The van der Waals surface area contributed by atoms with Gasteiger partial charge in [0.05, 0.1) is 0 Å². The van der Waals surface area contributed by atoms with Crippen LogP contribution >= 0.6 is 0 Å². The average Bonchev–Trinajstić information content (AvgIpc) is 2.23. The highest BCUT2D eigenvalue weighted by Gasteiger charge is 2.39. The summed E-state index contributed by atoms with van der Waals surface area (Å²) in [4.78, 5) is 0. The zero-order chi connectivity index (χ0) is 13.8. The Morgan fingerprint density at radius 1 is 1.06 bits per heavy atom. The third kappa shape index (κ3) is 5.33. The molecule has 0 aromatic heterocycles. The molecule has 0 heteroatoms. The van der Waals surface area contributed by atoms with Crippen molar-refractivity contribution in [1.82, 2.24) is 0 Å². The molecule has 0 radical (unpaired) electrons. The Balaban J connectivity index is 2.17. The average molecular weight is 252 g/mol. The van der Waals surface area contributed by atoms with Crippen LogP contribution in [0.4, 0.5) is 0 Å². The van der Waals surface area contributed by atoms with Crippen molar-refractivity contribution < 1.29 is 0 Å². The van der Waals surface area contributed by atoms with E-state index in [9.17, 15) is 0 Å². The summed E-state index contributed by atoms with van der Waals surface area (Å²) in [6.07, 6.45) is 10.2. The lowest BCUT2D eigenvalue weighted by atomic mass is 9.58. The Morgan fingerprint density at radius 3 is 2.17 bits per heavy atom. The first-order chi connectivity index (χ1) is 8.34. The normalized spacial score (nSPS) is 31.2. The van der Waals surface area contributed by atoms with E-state index in [1.54, 1.807) is 0 Å². The molecule has 0 aromatic rings. The van der Waals surface area contributed by atoms with Gasteiger partial charge in [0.1, 0.15) is 0 Å². The standard InChI is InChI=1S/C18H36/c1-7-15(4)11-17-12-18(6,13-17)9-8-16(5)10-14(2)3/h14-17H,7-13H2,1-6H3. The molecule has 0 N–H and O–H groups in total. The Morgan fingerprint density at radius 2 is 1.67 bits per heavy atom. The molecule has 0 amide bonds. The van der Waals surface area contributed by atoms with Crippen molar-refractivity contribution in [1.29, 1.82) is 0 Å². The summed E-state index contributed by atoms with van der Waals surface area (Å²) in [5, 5.41) is 0. The van der Waals surface area contributed by atoms with Crippen LogP contribution in [0.25, 0.3) is 0 Å². The Bertz CT molecular complexity index is 222. The first-order valence-electron chi connectivity index (χ1n) is 8.34. The summed E-state index contributed by atoms with van der Waals surface area (Å²) in [7, 11) is 0. The zero-order valence-corrected chi connectivity index (χ0v) is 13.8. The van der Waals surface area contributed by atoms with Crippen LogP contribution in [0.5, 0.6) is 0 Å². The molecular formula is C18H36. The predicted molar refractivity (Wildman–Crippen MR) is 82.8 cm³/mol. The molecule has 2 atom stereocenters. The smallest absolute Gasteiger partial charge is 0.0320 e. The van der Waals surface area contributed by atoms with Gasteiger partial charge in [-0.05, 0) is 61.2 Å². The second-order valence-corrected chi connectivity index (χ2v) is 8.11. The van der Waals surface area contributed by atoms with Crippen molar-refractivity contribution in [3.63, 3.8) is 0 Å². The maximum absolute atomic E-state index is 2.53. The van der Waals surface area contributed by atoms with E-state index in [0.29, 0.717) is 5.41 Å². The molecule has 0 spiro atoms. The lowest BCUT2D eigenvalue weighted by Gasteiger charge is -2.47. The SMILES string of the molecule is CCC(C)CC1CC(C)(CCC(C)CC(C)C)C1. The third-order valence-electron chi connectivity index (χ3n) is 5.11. The van der Waals surface area contributed by atoms with Gasteiger partial charge in [0.25, 0.3) is 0 Å². The molecule has 1 aliphatic rings. The van der Waals surface area contributed by atoms with Crippen LogP contribution in [0.3, 0.4) is 0 Å². The van der Waals surface area contributed by atoms with Gasteiger partial charge in [-0.2, -0.15) is 0 Å². The van der Waals surface area contributed by atoms with Gasteiger partial charge in [-0.3, -0.25) is 0 Å². The van der Waals surface area contributed by atoms with Crippen LogP contribution in [0.1, 0.15) is 86.5 Å². The maximum atomic E-state index is 2.53. The molecule has 0 bridgehead atoms. The molecule has 2 unspecified atom stereocenters. The second-order valence-electron chi connectivity index (χ2n) is 8.11. The highest BCUT2D eigenvalue weighted by Crippen LogP contribution is 2.51. The van der Waals surface area contributed by atoms with Crippen LogP contribution in [0.2, 0.25) is 0 Å². The first-order valence-corrected chi connectivity index (χ1v) is 8.34. The van der Waals surface area contributed by atoms with E-state index in [4.69, 9.17) is 0 Å². The van der Waals surface area contributed by atoms with Gasteiger partial charge in [0.15, 0.2) is 0 Å². The predicted octanol–water partition coefficient (Wildman–Crippen LogP) is 6.30. The van der Waals surface area contributed by atoms with E-state index in [1.165, 1.54) is 44.9 Å². The molecule has 0 aliphatic heterocycles. The minimum Gasteiger partial charge on any atom is -0.0651 e. The zero-order valence-electron chi connectivity index (χ0n) is 13.8. The summed E-state index contributed by atoms with van der Waals surface area (Å²) >= 11 is 0. The van der Waals surface area contributed by atoms with Gasteiger partial charge >= 0.3 is 0 Å². The van der Waals surface area contributed by atoms with Gasteiger partial charge in [0, 0.05) is 0 Å².